The maximum Gasteiger partial charge on any atom is 0.280 e. The van der Waals surface area contributed by atoms with Gasteiger partial charge in [-0.2, -0.15) is 0 Å². The van der Waals surface area contributed by atoms with Crippen molar-refractivity contribution in [1.82, 2.24) is 10.4 Å². The molecule has 5 nitrogen and oxygen atoms in total. The van der Waals surface area contributed by atoms with Crippen LogP contribution in [0.15, 0.2) is 89.8 Å². The molecule has 0 aliphatic carbocycles. The van der Waals surface area contributed by atoms with Crippen molar-refractivity contribution in [3.8, 4) is 5.75 Å². The number of hydrogen-bond donors (Lipinski definition) is 1. The fraction of sp³-hybridized carbons (Fsp3) is 0.120. The Labute approximate surface area is 185 Å². The zero-order chi connectivity index (χ0) is 21.6. The first kappa shape index (κ1) is 20.8. The lowest BCUT2D eigenvalue weighted by molar-refractivity contribution is -0.137. The van der Waals surface area contributed by atoms with E-state index in [9.17, 15) is 9.59 Å². The van der Waals surface area contributed by atoms with Gasteiger partial charge in [-0.1, -0.05) is 84.6 Å². The Morgan fingerprint density at radius 2 is 1.65 bits per heavy atom. The lowest BCUT2D eigenvalue weighted by Crippen LogP contribution is -2.44. The Hall–Kier alpha value is -3.51. The summed E-state index contributed by atoms with van der Waals surface area (Å²) in [6.07, 6.45) is 2.05. The highest BCUT2D eigenvalue weighted by molar-refractivity contribution is 8.04. The van der Waals surface area contributed by atoms with Crippen molar-refractivity contribution < 1.29 is 14.3 Å². The molecule has 1 atom stereocenters. The van der Waals surface area contributed by atoms with Gasteiger partial charge in [0.2, 0.25) is 5.91 Å². The predicted octanol–water partition coefficient (Wildman–Crippen LogP) is 4.58. The van der Waals surface area contributed by atoms with Crippen LogP contribution in [0.25, 0.3) is 6.08 Å². The minimum atomic E-state index is -0.368. The van der Waals surface area contributed by atoms with Crippen LogP contribution in [0.3, 0.4) is 0 Å². The Kier molecular flexibility index (Phi) is 6.38. The largest absolute Gasteiger partial charge is 0.497 e. The van der Waals surface area contributed by atoms with Gasteiger partial charge in [0, 0.05) is 0 Å². The van der Waals surface area contributed by atoms with Gasteiger partial charge in [0.05, 0.1) is 18.4 Å². The van der Waals surface area contributed by atoms with Crippen molar-refractivity contribution in [3.63, 3.8) is 0 Å². The number of methoxy groups -OCH3 is 1. The fourth-order valence-electron chi connectivity index (χ4n) is 3.30. The van der Waals surface area contributed by atoms with Crippen LogP contribution < -0.4 is 10.2 Å². The summed E-state index contributed by atoms with van der Waals surface area (Å²) in [5, 5.41) is 1.06. The van der Waals surface area contributed by atoms with Crippen LogP contribution in [0.5, 0.6) is 5.75 Å². The Balaban J connectivity index is 1.60. The molecule has 3 aromatic carbocycles. The van der Waals surface area contributed by atoms with Crippen molar-refractivity contribution in [2.45, 2.75) is 11.8 Å². The second-order valence-electron chi connectivity index (χ2n) is 7.04. The van der Waals surface area contributed by atoms with Gasteiger partial charge < -0.3 is 4.74 Å². The molecule has 0 radical (unpaired) electrons. The second-order valence-corrected chi connectivity index (χ2v) is 8.16. The Bertz CT molecular complexity index is 1080. The number of carbonyl (C=O) groups excluding carboxylic acids is 2. The smallest absolute Gasteiger partial charge is 0.280 e. The molecule has 3 aromatic rings. The SMILES string of the molecule is COc1ccc([C@@H]2S/C(=C\c3ccccc3)C(=O)N2NC(=O)Cc2ccccc2)cc1. The maximum atomic E-state index is 13.2. The number of nitrogens with one attached hydrogen (secondary N) is 1. The third-order valence-corrected chi connectivity index (χ3v) is 6.11. The number of hydrazine groups is 1. The number of rotatable bonds is 6. The molecule has 1 heterocycles. The van der Waals surface area contributed by atoms with Gasteiger partial charge in [0.1, 0.15) is 11.1 Å². The summed E-state index contributed by atoms with van der Waals surface area (Å²) in [4.78, 5) is 26.5. The minimum absolute atomic E-state index is 0.197. The first-order valence-electron chi connectivity index (χ1n) is 9.88. The molecule has 0 bridgehead atoms. The van der Waals surface area contributed by atoms with Gasteiger partial charge in [-0.15, -0.1) is 0 Å². The molecule has 156 valence electrons. The minimum Gasteiger partial charge on any atom is -0.497 e. The molecule has 1 saturated heterocycles. The van der Waals surface area contributed by atoms with Gasteiger partial charge >= 0.3 is 0 Å². The van der Waals surface area contributed by atoms with E-state index in [0.717, 1.165) is 22.4 Å². The van der Waals surface area contributed by atoms with Crippen molar-refractivity contribution in [3.05, 3.63) is 107 Å². The quantitative estimate of drug-likeness (QED) is 0.582. The standard InChI is InChI=1S/C25H22N2O3S/c1-30-21-14-12-20(13-15-21)25-27(26-23(28)17-19-10-6-3-7-11-19)24(29)22(31-25)16-18-8-4-2-5-9-18/h2-16,25H,17H2,1H3,(H,26,28)/b22-16-/t25-/m0/s1. The third-order valence-electron chi connectivity index (χ3n) is 4.85. The van der Waals surface area contributed by atoms with E-state index in [1.54, 1.807) is 7.11 Å². The molecule has 2 amide bonds. The molecule has 0 unspecified atom stereocenters. The van der Waals surface area contributed by atoms with E-state index in [-0.39, 0.29) is 23.6 Å². The molecule has 31 heavy (non-hydrogen) atoms. The van der Waals surface area contributed by atoms with Crippen LogP contribution in [0, 0.1) is 0 Å². The first-order valence-corrected chi connectivity index (χ1v) is 10.8. The number of carbonyl (C=O) groups is 2. The topological polar surface area (TPSA) is 58.6 Å². The van der Waals surface area contributed by atoms with E-state index < -0.39 is 0 Å². The van der Waals surface area contributed by atoms with Gasteiger partial charge in [0.25, 0.3) is 5.91 Å². The third kappa shape index (κ3) is 4.98. The normalized spacial score (nSPS) is 17.1. The Morgan fingerprint density at radius 3 is 2.29 bits per heavy atom. The van der Waals surface area contributed by atoms with E-state index in [1.807, 2.05) is 91.0 Å². The summed E-state index contributed by atoms with van der Waals surface area (Å²) >= 11 is 1.42. The first-order chi connectivity index (χ1) is 15.1. The lowest BCUT2D eigenvalue weighted by atomic mass is 10.1. The highest BCUT2D eigenvalue weighted by Crippen LogP contribution is 2.45. The average molecular weight is 431 g/mol. The van der Waals surface area contributed by atoms with Crippen molar-refractivity contribution in [2.75, 3.05) is 7.11 Å². The molecule has 0 aromatic heterocycles. The second kappa shape index (κ2) is 9.53. The van der Waals surface area contributed by atoms with Crippen LogP contribution in [-0.4, -0.2) is 23.9 Å². The molecule has 1 N–H and O–H groups in total. The maximum absolute atomic E-state index is 13.2. The van der Waals surface area contributed by atoms with Crippen LogP contribution in [0.1, 0.15) is 22.1 Å². The number of amides is 2. The van der Waals surface area contributed by atoms with Crippen molar-refractivity contribution in [2.24, 2.45) is 0 Å². The Morgan fingerprint density at radius 1 is 1.00 bits per heavy atom. The summed E-state index contributed by atoms with van der Waals surface area (Å²) in [6.45, 7) is 0. The van der Waals surface area contributed by atoms with Crippen molar-refractivity contribution in [1.29, 1.82) is 0 Å². The number of nitrogens with zero attached hydrogens (tertiary/aromatic N) is 1. The molecule has 1 fully saturated rings. The lowest BCUT2D eigenvalue weighted by Gasteiger charge is -2.24. The highest BCUT2D eigenvalue weighted by Gasteiger charge is 2.38. The predicted molar refractivity (Wildman–Crippen MR) is 123 cm³/mol. The molecular weight excluding hydrogens is 408 g/mol. The molecule has 1 aliphatic heterocycles. The van der Waals surface area contributed by atoms with Gasteiger partial charge in [-0.25, -0.2) is 5.01 Å². The molecule has 1 aliphatic rings. The van der Waals surface area contributed by atoms with Crippen LogP contribution >= 0.6 is 11.8 Å². The number of benzene rings is 3. The number of hydrogen-bond acceptors (Lipinski definition) is 4. The number of thioether (sulfide) groups is 1. The van der Waals surface area contributed by atoms with E-state index in [1.165, 1.54) is 16.8 Å². The summed E-state index contributed by atoms with van der Waals surface area (Å²) in [5.74, 6) is 0.272. The van der Waals surface area contributed by atoms with Crippen LogP contribution in [-0.2, 0) is 16.0 Å². The zero-order valence-corrected chi connectivity index (χ0v) is 17.8. The monoisotopic (exact) mass is 430 g/mol. The van der Waals surface area contributed by atoms with Crippen molar-refractivity contribution >= 4 is 29.7 Å². The summed E-state index contributed by atoms with van der Waals surface area (Å²) in [6, 6.07) is 26.7. The van der Waals surface area contributed by atoms with Gasteiger partial charge in [-0.3, -0.25) is 15.0 Å². The molecule has 4 rings (SSSR count). The van der Waals surface area contributed by atoms with E-state index >= 15 is 0 Å². The molecule has 0 spiro atoms. The molecule has 6 heteroatoms. The zero-order valence-electron chi connectivity index (χ0n) is 17.0. The summed E-state index contributed by atoms with van der Waals surface area (Å²) < 4.78 is 5.24. The van der Waals surface area contributed by atoms with E-state index in [0.29, 0.717) is 4.91 Å². The fourth-order valence-corrected chi connectivity index (χ4v) is 4.49. The number of ether oxygens (including phenoxy) is 1. The van der Waals surface area contributed by atoms with E-state index in [4.69, 9.17) is 4.74 Å². The average Bonchev–Trinajstić information content (AvgIpc) is 3.10. The van der Waals surface area contributed by atoms with E-state index in [2.05, 4.69) is 5.43 Å². The molecular formula is C25H22N2O3S. The van der Waals surface area contributed by atoms with Gasteiger partial charge in [-0.05, 0) is 34.9 Å². The van der Waals surface area contributed by atoms with Crippen LogP contribution in [0.4, 0.5) is 0 Å². The van der Waals surface area contributed by atoms with Gasteiger partial charge in [0.15, 0.2) is 0 Å². The highest BCUT2D eigenvalue weighted by atomic mass is 32.2. The molecule has 0 saturated carbocycles. The summed E-state index contributed by atoms with van der Waals surface area (Å²) in [5.41, 5.74) is 5.54. The summed E-state index contributed by atoms with van der Waals surface area (Å²) in [7, 11) is 1.61. The van der Waals surface area contributed by atoms with Crippen LogP contribution in [0.2, 0.25) is 0 Å².